The van der Waals surface area contributed by atoms with Crippen molar-refractivity contribution in [2.45, 2.75) is 76.6 Å². The van der Waals surface area contributed by atoms with Crippen LogP contribution in [0.1, 0.15) is 83.1 Å². The van der Waals surface area contributed by atoms with E-state index in [4.69, 9.17) is 15.3 Å². The lowest BCUT2D eigenvalue weighted by Crippen LogP contribution is -2.42. The molecule has 1 aliphatic carbocycles. The van der Waals surface area contributed by atoms with Gasteiger partial charge in [-0.3, -0.25) is 4.79 Å². The fraction of sp³-hybridized carbons (Fsp3) is 0.571. The fourth-order valence-corrected chi connectivity index (χ4v) is 10.7. The second-order valence-corrected chi connectivity index (χ2v) is 18.3. The maximum absolute atomic E-state index is 13.9. The molecule has 0 bridgehead atoms. The van der Waals surface area contributed by atoms with Gasteiger partial charge in [0.25, 0.3) is 6.79 Å². The van der Waals surface area contributed by atoms with Gasteiger partial charge in [0.05, 0.1) is 9.79 Å². The molecule has 2 unspecified atom stereocenters. The standard InChI is InChI=1S/C35H49N5O8S2.ClH/c1-7-25(6)32(36)35(41)47-20-48-38-34-28-10-8-26(49(43,44)39-16-21(2)12-22(3)17-39)14-30(28)33(37-42)31-15-27(9-11-29(31)34)50(45,46)40-18-23(4)13-24(5)19-40;/h8-11,14-15,21-25,32,42H,7,12-13,16-20,36H2,1-6H3;1H/t21-,22+,23-,24+,25?,32?;. The van der Waals surface area contributed by atoms with Gasteiger partial charge in [-0.1, -0.05) is 70.4 Å². The predicted molar refractivity (Wildman–Crippen MR) is 196 cm³/mol. The minimum atomic E-state index is -3.94. The van der Waals surface area contributed by atoms with Gasteiger partial charge in [-0.05, 0) is 66.7 Å². The van der Waals surface area contributed by atoms with Gasteiger partial charge in [-0.15, -0.1) is 12.4 Å². The van der Waals surface area contributed by atoms with Crippen molar-refractivity contribution in [2.24, 2.45) is 45.6 Å². The number of sulfonamides is 2. The maximum atomic E-state index is 13.9. The molecule has 3 aliphatic rings. The van der Waals surface area contributed by atoms with Crippen molar-refractivity contribution in [3.05, 3.63) is 58.7 Å². The van der Waals surface area contributed by atoms with Crippen molar-refractivity contribution >= 4 is 49.8 Å². The van der Waals surface area contributed by atoms with Crippen molar-refractivity contribution in [1.29, 1.82) is 0 Å². The van der Waals surface area contributed by atoms with Gasteiger partial charge in [0.2, 0.25) is 20.0 Å². The summed E-state index contributed by atoms with van der Waals surface area (Å²) in [5, 5.41) is 18.3. The third-order valence-corrected chi connectivity index (χ3v) is 13.6. The Balaban J connectivity index is 0.00000583. The normalized spacial score (nSPS) is 24.0. The predicted octanol–water partition coefficient (Wildman–Crippen LogP) is 4.62. The van der Waals surface area contributed by atoms with E-state index >= 15 is 0 Å². The van der Waals surface area contributed by atoms with Crippen molar-refractivity contribution in [1.82, 2.24) is 8.61 Å². The van der Waals surface area contributed by atoms with Gasteiger partial charge in [-0.2, -0.15) is 8.61 Å². The summed E-state index contributed by atoms with van der Waals surface area (Å²) < 4.78 is 63.9. The number of rotatable bonds is 10. The van der Waals surface area contributed by atoms with Gasteiger partial charge in [0.15, 0.2) is 0 Å². The van der Waals surface area contributed by atoms with Crippen LogP contribution in [0.5, 0.6) is 0 Å². The Morgan fingerprint density at radius 2 is 1.25 bits per heavy atom. The summed E-state index contributed by atoms with van der Waals surface area (Å²) in [6.07, 6.45) is 2.53. The van der Waals surface area contributed by atoms with Crippen LogP contribution < -0.4 is 5.73 Å². The van der Waals surface area contributed by atoms with Crippen LogP contribution in [-0.4, -0.2) is 87.1 Å². The number of halogens is 1. The second kappa shape index (κ2) is 16.3. The van der Waals surface area contributed by atoms with E-state index in [-0.39, 0.29) is 74.3 Å². The minimum absolute atomic E-state index is 0. The van der Waals surface area contributed by atoms with Gasteiger partial charge >= 0.3 is 5.97 Å². The highest BCUT2D eigenvalue weighted by molar-refractivity contribution is 7.89. The van der Waals surface area contributed by atoms with Crippen LogP contribution in [0.25, 0.3) is 0 Å². The van der Waals surface area contributed by atoms with Crippen LogP contribution in [0, 0.1) is 29.6 Å². The molecule has 51 heavy (non-hydrogen) atoms. The number of nitrogens with two attached hydrogens (primary N) is 1. The molecule has 2 saturated heterocycles. The van der Waals surface area contributed by atoms with E-state index in [1.165, 1.54) is 32.9 Å². The van der Waals surface area contributed by atoms with Gasteiger partial charge in [-0.25, -0.2) is 16.8 Å². The zero-order chi connectivity index (χ0) is 36.5. The number of oxime groups is 2. The van der Waals surface area contributed by atoms with E-state index in [0.29, 0.717) is 43.7 Å². The SMILES string of the molecule is CCC(C)C(N)C(=O)OCON=C1c2ccc(S(=O)(=O)N3C[C@H](C)C[C@H](C)C3)cc2C(=NO)c2cc(S(=O)(=O)N3C[C@H](C)C[C@H](C)C3)ccc21.Cl. The Hall–Kier alpha value is -3.08. The summed E-state index contributed by atoms with van der Waals surface area (Å²) in [4.78, 5) is 17.9. The van der Waals surface area contributed by atoms with E-state index in [1.807, 2.05) is 41.5 Å². The Kier molecular flexibility index (Phi) is 13.0. The summed E-state index contributed by atoms with van der Waals surface area (Å²) >= 11 is 0. The molecule has 3 N–H and O–H groups in total. The average molecular weight is 768 g/mol. The molecule has 0 radical (unpaired) electrons. The third kappa shape index (κ3) is 8.44. The van der Waals surface area contributed by atoms with Gasteiger partial charge in [0.1, 0.15) is 17.5 Å². The van der Waals surface area contributed by atoms with E-state index in [9.17, 15) is 26.8 Å². The number of hydrogen-bond donors (Lipinski definition) is 2. The second-order valence-electron chi connectivity index (χ2n) is 14.5. The molecular weight excluding hydrogens is 718 g/mol. The minimum Gasteiger partial charge on any atom is -0.425 e. The molecule has 0 aromatic heterocycles. The maximum Gasteiger partial charge on any atom is 0.326 e. The van der Waals surface area contributed by atoms with Crippen molar-refractivity contribution in [3.63, 3.8) is 0 Å². The smallest absolute Gasteiger partial charge is 0.326 e. The van der Waals surface area contributed by atoms with Crippen LogP contribution in [0.15, 0.2) is 56.5 Å². The first-order chi connectivity index (χ1) is 23.6. The summed E-state index contributed by atoms with van der Waals surface area (Å²) in [5.41, 5.74) is 7.35. The lowest BCUT2D eigenvalue weighted by molar-refractivity contribution is -0.159. The highest BCUT2D eigenvalue weighted by atomic mass is 35.5. The van der Waals surface area contributed by atoms with E-state index in [0.717, 1.165) is 12.8 Å². The molecule has 13 nitrogen and oxygen atoms in total. The Labute approximate surface area is 307 Å². The lowest BCUT2D eigenvalue weighted by atomic mass is 9.83. The first-order valence-corrected chi connectivity index (χ1v) is 20.1. The molecule has 6 atom stereocenters. The highest BCUT2D eigenvalue weighted by Gasteiger charge is 2.37. The molecule has 2 aromatic carbocycles. The zero-order valence-corrected chi connectivity index (χ0v) is 32.4. The molecule has 2 aromatic rings. The van der Waals surface area contributed by atoms with Crippen LogP contribution in [0.3, 0.4) is 0 Å². The first-order valence-electron chi connectivity index (χ1n) is 17.2. The number of ether oxygens (including phenoxy) is 1. The number of nitrogens with zero attached hydrogens (tertiary/aromatic N) is 4. The molecule has 0 saturated carbocycles. The summed E-state index contributed by atoms with van der Waals surface area (Å²) in [5.74, 6) is -0.0175. The number of esters is 1. The third-order valence-electron chi connectivity index (χ3n) is 9.99. The molecule has 2 heterocycles. The van der Waals surface area contributed by atoms with Crippen molar-refractivity contribution < 1.29 is 36.4 Å². The molecular formula is C35H50ClN5O8S2. The van der Waals surface area contributed by atoms with Gasteiger partial charge in [0, 0.05) is 48.4 Å². The van der Waals surface area contributed by atoms with Gasteiger partial charge < -0.3 is 20.5 Å². The van der Waals surface area contributed by atoms with Crippen LogP contribution >= 0.6 is 12.4 Å². The zero-order valence-electron chi connectivity index (χ0n) is 30.0. The molecule has 5 rings (SSSR count). The fourth-order valence-electron chi connectivity index (χ4n) is 7.33. The van der Waals surface area contributed by atoms with Crippen molar-refractivity contribution in [2.75, 3.05) is 33.0 Å². The summed E-state index contributed by atoms with van der Waals surface area (Å²) in [7, 11) is -7.88. The topological polar surface area (TPSA) is 181 Å². The molecule has 16 heteroatoms. The number of fused-ring (bicyclic) bond motifs is 2. The van der Waals surface area contributed by atoms with Crippen LogP contribution in [0.2, 0.25) is 0 Å². The van der Waals surface area contributed by atoms with Crippen LogP contribution in [0.4, 0.5) is 0 Å². The number of carbonyl (C=O) groups excluding carboxylic acids is 1. The highest BCUT2D eigenvalue weighted by Crippen LogP contribution is 2.35. The van der Waals surface area contributed by atoms with E-state index < -0.39 is 38.9 Å². The quantitative estimate of drug-likeness (QED) is 0.0978. The first kappa shape index (κ1) is 40.7. The van der Waals surface area contributed by atoms with Crippen molar-refractivity contribution in [3.8, 4) is 0 Å². The van der Waals surface area contributed by atoms with E-state index in [1.54, 1.807) is 12.1 Å². The number of piperidine rings is 2. The lowest BCUT2D eigenvalue weighted by Gasteiger charge is -2.34. The molecule has 2 fully saturated rings. The Morgan fingerprint density at radius 1 is 0.824 bits per heavy atom. The van der Waals surface area contributed by atoms with Crippen LogP contribution in [-0.2, 0) is 34.4 Å². The molecule has 0 spiro atoms. The molecule has 0 amide bonds. The Bertz CT molecular complexity index is 1760. The molecule has 282 valence electrons. The number of carbonyl (C=O) groups is 1. The molecule has 2 aliphatic heterocycles. The Morgan fingerprint density at radius 3 is 1.65 bits per heavy atom. The number of benzene rings is 2. The van der Waals surface area contributed by atoms with E-state index in [2.05, 4.69) is 10.3 Å². The summed E-state index contributed by atoms with van der Waals surface area (Å²) in [6, 6.07) is 8.05. The largest absolute Gasteiger partial charge is 0.425 e. The number of hydrogen-bond acceptors (Lipinski definition) is 11. The monoisotopic (exact) mass is 767 g/mol. The summed E-state index contributed by atoms with van der Waals surface area (Å²) in [6.45, 7) is 12.8. The average Bonchev–Trinajstić information content (AvgIpc) is 3.07.